The van der Waals surface area contributed by atoms with Gasteiger partial charge in [-0.2, -0.15) is 0 Å². The Hall–Kier alpha value is -0.960. The zero-order valence-corrected chi connectivity index (χ0v) is 8.26. The second-order valence-electron chi connectivity index (χ2n) is 3.98. The molecule has 1 aromatic heterocycles. The van der Waals surface area contributed by atoms with E-state index in [1.807, 2.05) is 12.4 Å². The van der Waals surface area contributed by atoms with Crippen molar-refractivity contribution >= 4 is 0 Å². The minimum Gasteiger partial charge on any atom is -0.392 e. The normalized spacial score (nSPS) is 28.4. The Kier molecular flexibility index (Phi) is 3.09. The van der Waals surface area contributed by atoms with Crippen molar-refractivity contribution in [2.75, 3.05) is 0 Å². The molecule has 1 aromatic rings. The van der Waals surface area contributed by atoms with Gasteiger partial charge in [0.05, 0.1) is 6.10 Å². The van der Waals surface area contributed by atoms with Gasteiger partial charge in [-0.1, -0.05) is 19.3 Å². The molecule has 1 fully saturated rings. The Morgan fingerprint density at radius 2 is 1.79 bits per heavy atom. The van der Waals surface area contributed by atoms with Crippen molar-refractivity contribution in [3.8, 4) is 0 Å². The topological polar surface area (TPSA) is 46.0 Å². The van der Waals surface area contributed by atoms with Gasteiger partial charge in [-0.15, -0.1) is 0 Å². The van der Waals surface area contributed by atoms with Crippen molar-refractivity contribution in [1.82, 2.24) is 9.97 Å². The summed E-state index contributed by atoms with van der Waals surface area (Å²) in [6.07, 6.45) is 10.5. The summed E-state index contributed by atoms with van der Waals surface area (Å²) in [5.41, 5.74) is 1.09. The average Bonchev–Trinajstić information content (AvgIpc) is 2.44. The lowest BCUT2D eigenvalue weighted by Gasteiger charge is -2.19. The van der Waals surface area contributed by atoms with Crippen LogP contribution in [0, 0.1) is 0 Å². The smallest absolute Gasteiger partial charge is 0.115 e. The van der Waals surface area contributed by atoms with E-state index in [2.05, 4.69) is 9.97 Å². The lowest BCUT2D eigenvalue weighted by molar-refractivity contribution is 0.135. The first kappa shape index (κ1) is 9.59. The molecule has 1 aliphatic rings. The molecule has 1 aliphatic carbocycles. The molecule has 0 amide bonds. The molecule has 1 heterocycles. The first-order chi connectivity index (χ1) is 6.88. The molecule has 0 spiro atoms. The van der Waals surface area contributed by atoms with E-state index >= 15 is 0 Å². The Balaban J connectivity index is 2.15. The van der Waals surface area contributed by atoms with Crippen LogP contribution in [-0.2, 0) is 0 Å². The Morgan fingerprint density at radius 1 is 1.07 bits per heavy atom. The molecule has 0 aliphatic heterocycles. The van der Waals surface area contributed by atoms with Crippen molar-refractivity contribution in [3.63, 3.8) is 0 Å². The molecule has 3 nitrogen and oxygen atoms in total. The Morgan fingerprint density at radius 3 is 2.57 bits per heavy atom. The zero-order valence-electron chi connectivity index (χ0n) is 8.26. The summed E-state index contributed by atoms with van der Waals surface area (Å²) < 4.78 is 0. The second-order valence-corrected chi connectivity index (χ2v) is 3.98. The van der Waals surface area contributed by atoms with Crippen molar-refractivity contribution < 1.29 is 5.11 Å². The fourth-order valence-corrected chi connectivity index (χ4v) is 2.18. The number of aliphatic hydroxyl groups is 1. The van der Waals surface area contributed by atoms with E-state index in [0.717, 1.165) is 24.8 Å². The van der Waals surface area contributed by atoms with Crippen molar-refractivity contribution in [2.45, 2.75) is 44.1 Å². The van der Waals surface area contributed by atoms with Gasteiger partial charge in [-0.3, -0.25) is 0 Å². The van der Waals surface area contributed by atoms with E-state index in [1.165, 1.54) is 19.2 Å². The van der Waals surface area contributed by atoms with Crippen LogP contribution in [0.3, 0.4) is 0 Å². The highest BCUT2D eigenvalue weighted by atomic mass is 16.3. The zero-order chi connectivity index (χ0) is 9.80. The molecule has 3 heteroatoms. The van der Waals surface area contributed by atoms with Crippen LogP contribution in [0.25, 0.3) is 0 Å². The molecule has 2 unspecified atom stereocenters. The maximum atomic E-state index is 9.95. The lowest BCUT2D eigenvalue weighted by atomic mass is 9.91. The Labute approximate surface area is 84.2 Å². The largest absolute Gasteiger partial charge is 0.392 e. The maximum Gasteiger partial charge on any atom is 0.115 e. The summed E-state index contributed by atoms with van der Waals surface area (Å²) >= 11 is 0. The molecule has 0 saturated heterocycles. The molecule has 0 radical (unpaired) electrons. The number of hydrogen-bond acceptors (Lipinski definition) is 3. The van der Waals surface area contributed by atoms with Crippen LogP contribution in [0.4, 0.5) is 0 Å². The molecular formula is C11H16N2O. The van der Waals surface area contributed by atoms with Gasteiger partial charge in [0.1, 0.15) is 6.33 Å². The number of hydrogen-bond donors (Lipinski definition) is 1. The first-order valence-electron chi connectivity index (χ1n) is 5.31. The standard InChI is InChI=1S/C11H16N2O/c14-11-5-3-1-2-4-10(11)9-6-12-8-13-7-9/h6-8,10-11,14H,1-5H2. The van der Waals surface area contributed by atoms with E-state index in [1.54, 1.807) is 0 Å². The molecule has 76 valence electrons. The number of aliphatic hydroxyl groups excluding tert-OH is 1. The van der Waals surface area contributed by atoms with Crippen molar-refractivity contribution in [3.05, 3.63) is 24.3 Å². The van der Waals surface area contributed by atoms with E-state index in [9.17, 15) is 5.11 Å². The van der Waals surface area contributed by atoms with Gasteiger partial charge in [0.15, 0.2) is 0 Å². The number of nitrogens with zero attached hydrogens (tertiary/aromatic N) is 2. The molecule has 1 N–H and O–H groups in total. The molecule has 2 rings (SSSR count). The van der Waals surface area contributed by atoms with Gasteiger partial charge in [-0.25, -0.2) is 9.97 Å². The third-order valence-corrected chi connectivity index (χ3v) is 2.99. The van der Waals surface area contributed by atoms with E-state index in [4.69, 9.17) is 0 Å². The van der Waals surface area contributed by atoms with Gasteiger partial charge in [0.2, 0.25) is 0 Å². The third kappa shape index (κ3) is 2.10. The fraction of sp³-hybridized carbons (Fsp3) is 0.636. The molecule has 14 heavy (non-hydrogen) atoms. The van der Waals surface area contributed by atoms with E-state index in [-0.39, 0.29) is 12.0 Å². The minimum absolute atomic E-state index is 0.205. The van der Waals surface area contributed by atoms with Gasteiger partial charge < -0.3 is 5.11 Å². The Bertz CT molecular complexity index is 276. The van der Waals surface area contributed by atoms with Crippen LogP contribution >= 0.6 is 0 Å². The maximum absolute atomic E-state index is 9.95. The summed E-state index contributed by atoms with van der Waals surface area (Å²) in [5, 5.41) is 9.95. The summed E-state index contributed by atoms with van der Waals surface area (Å²) in [5.74, 6) is 0.249. The van der Waals surface area contributed by atoms with Crippen LogP contribution in [0.1, 0.15) is 43.6 Å². The highest BCUT2D eigenvalue weighted by molar-refractivity contribution is 5.12. The quantitative estimate of drug-likeness (QED) is 0.691. The van der Waals surface area contributed by atoms with E-state index in [0.29, 0.717) is 0 Å². The van der Waals surface area contributed by atoms with E-state index < -0.39 is 0 Å². The first-order valence-corrected chi connectivity index (χ1v) is 5.31. The van der Waals surface area contributed by atoms with Gasteiger partial charge in [0, 0.05) is 18.3 Å². The number of rotatable bonds is 1. The molecule has 0 bridgehead atoms. The average molecular weight is 192 g/mol. The predicted molar refractivity (Wildman–Crippen MR) is 53.9 cm³/mol. The molecule has 1 saturated carbocycles. The van der Waals surface area contributed by atoms with Crippen LogP contribution in [-0.4, -0.2) is 21.2 Å². The second kappa shape index (κ2) is 4.51. The van der Waals surface area contributed by atoms with Crippen LogP contribution in [0.15, 0.2) is 18.7 Å². The fourth-order valence-electron chi connectivity index (χ4n) is 2.18. The van der Waals surface area contributed by atoms with Crippen LogP contribution in [0.5, 0.6) is 0 Å². The molecule has 0 aromatic carbocycles. The van der Waals surface area contributed by atoms with Gasteiger partial charge >= 0.3 is 0 Å². The lowest BCUT2D eigenvalue weighted by Crippen LogP contribution is -2.17. The molecule has 2 atom stereocenters. The summed E-state index contributed by atoms with van der Waals surface area (Å²) in [6.45, 7) is 0. The highest BCUT2D eigenvalue weighted by Crippen LogP contribution is 2.30. The minimum atomic E-state index is -0.205. The summed E-state index contributed by atoms with van der Waals surface area (Å²) in [6, 6.07) is 0. The van der Waals surface area contributed by atoms with Gasteiger partial charge in [0.25, 0.3) is 0 Å². The monoisotopic (exact) mass is 192 g/mol. The molecular weight excluding hydrogens is 176 g/mol. The highest BCUT2D eigenvalue weighted by Gasteiger charge is 2.23. The van der Waals surface area contributed by atoms with Gasteiger partial charge in [-0.05, 0) is 18.4 Å². The number of aromatic nitrogens is 2. The van der Waals surface area contributed by atoms with Crippen LogP contribution in [0.2, 0.25) is 0 Å². The summed E-state index contributed by atoms with van der Waals surface area (Å²) in [7, 11) is 0. The third-order valence-electron chi connectivity index (χ3n) is 2.99. The van der Waals surface area contributed by atoms with Crippen LogP contribution < -0.4 is 0 Å². The SMILES string of the molecule is OC1CCCCCC1c1cncnc1. The van der Waals surface area contributed by atoms with Crippen molar-refractivity contribution in [1.29, 1.82) is 0 Å². The predicted octanol–water partition coefficient (Wildman–Crippen LogP) is 1.89. The van der Waals surface area contributed by atoms with Crippen molar-refractivity contribution in [2.24, 2.45) is 0 Å². The summed E-state index contributed by atoms with van der Waals surface area (Å²) in [4.78, 5) is 8.01.